The smallest absolute Gasteiger partial charge is 0.272 e. The number of amides is 2. The minimum absolute atomic E-state index is 0.0806. The highest BCUT2D eigenvalue weighted by molar-refractivity contribution is 5.93. The monoisotopic (exact) mass is 460 g/mol. The van der Waals surface area contributed by atoms with E-state index in [1.807, 2.05) is 59.5 Å². The van der Waals surface area contributed by atoms with E-state index in [1.165, 1.54) is 6.92 Å². The van der Waals surface area contributed by atoms with Crippen LogP contribution in [-0.4, -0.2) is 62.1 Å². The van der Waals surface area contributed by atoms with Crippen LogP contribution in [0.3, 0.4) is 0 Å². The summed E-state index contributed by atoms with van der Waals surface area (Å²) in [5.74, 6) is 1.08. The van der Waals surface area contributed by atoms with Gasteiger partial charge >= 0.3 is 0 Å². The molecule has 8 nitrogen and oxygen atoms in total. The Morgan fingerprint density at radius 1 is 0.882 bits per heavy atom. The third-order valence-electron chi connectivity index (χ3n) is 5.77. The van der Waals surface area contributed by atoms with Crippen molar-refractivity contribution in [2.24, 2.45) is 0 Å². The van der Waals surface area contributed by atoms with Crippen LogP contribution in [-0.2, 0) is 4.79 Å². The molecule has 0 atom stereocenters. The van der Waals surface area contributed by atoms with E-state index in [9.17, 15) is 9.59 Å². The molecule has 1 aliphatic rings. The van der Waals surface area contributed by atoms with Gasteiger partial charge in [0.2, 0.25) is 5.91 Å². The number of methoxy groups -OCH3 is 2. The number of hydrogen-bond acceptors (Lipinski definition) is 6. The molecule has 2 heterocycles. The summed E-state index contributed by atoms with van der Waals surface area (Å²) in [5, 5.41) is 2.77. The molecule has 0 bridgehead atoms. The highest BCUT2D eigenvalue weighted by atomic mass is 16.5. The van der Waals surface area contributed by atoms with E-state index < -0.39 is 0 Å². The third-order valence-corrected chi connectivity index (χ3v) is 5.77. The van der Waals surface area contributed by atoms with Crippen molar-refractivity contribution in [2.45, 2.75) is 6.92 Å². The van der Waals surface area contributed by atoms with Crippen molar-refractivity contribution in [1.29, 1.82) is 0 Å². The molecule has 3 aromatic rings. The zero-order valence-electron chi connectivity index (χ0n) is 19.6. The summed E-state index contributed by atoms with van der Waals surface area (Å²) >= 11 is 0. The molecule has 0 spiro atoms. The van der Waals surface area contributed by atoms with Gasteiger partial charge in [-0.15, -0.1) is 0 Å². The second kappa shape index (κ2) is 10.2. The van der Waals surface area contributed by atoms with E-state index in [1.54, 1.807) is 20.3 Å². The summed E-state index contributed by atoms with van der Waals surface area (Å²) in [6.45, 7) is 4.15. The predicted octanol–water partition coefficient (Wildman–Crippen LogP) is 3.69. The number of benzene rings is 2. The maximum atomic E-state index is 13.2. The number of carbonyl (C=O) groups excluding carboxylic acids is 2. The van der Waals surface area contributed by atoms with Gasteiger partial charge in [-0.3, -0.25) is 9.59 Å². The van der Waals surface area contributed by atoms with Crippen molar-refractivity contribution in [3.05, 3.63) is 66.4 Å². The molecule has 176 valence electrons. The summed E-state index contributed by atoms with van der Waals surface area (Å²) < 4.78 is 10.7. The molecule has 34 heavy (non-hydrogen) atoms. The zero-order chi connectivity index (χ0) is 24.1. The van der Waals surface area contributed by atoms with Crippen LogP contribution in [0.1, 0.15) is 17.4 Å². The fourth-order valence-electron chi connectivity index (χ4n) is 4.00. The van der Waals surface area contributed by atoms with Crippen molar-refractivity contribution >= 4 is 23.2 Å². The molecule has 0 unspecified atom stereocenters. The second-order valence-electron chi connectivity index (χ2n) is 7.99. The van der Waals surface area contributed by atoms with Crippen LogP contribution in [0.25, 0.3) is 11.3 Å². The van der Waals surface area contributed by atoms with Crippen molar-refractivity contribution in [3.63, 3.8) is 0 Å². The van der Waals surface area contributed by atoms with Crippen LogP contribution in [0.5, 0.6) is 11.5 Å². The number of hydrogen-bond donors (Lipinski definition) is 1. The van der Waals surface area contributed by atoms with Crippen molar-refractivity contribution < 1.29 is 19.1 Å². The van der Waals surface area contributed by atoms with Crippen molar-refractivity contribution in [3.8, 4) is 22.8 Å². The Morgan fingerprint density at radius 3 is 2.24 bits per heavy atom. The number of nitrogens with zero attached hydrogens (tertiary/aromatic N) is 3. The van der Waals surface area contributed by atoms with Crippen molar-refractivity contribution in [1.82, 2.24) is 9.88 Å². The number of aromatic nitrogens is 1. The number of anilines is 2. The Bertz CT molecular complexity index is 1170. The number of piperazine rings is 1. The van der Waals surface area contributed by atoms with Crippen LogP contribution in [0.4, 0.5) is 11.4 Å². The van der Waals surface area contributed by atoms with Crippen LogP contribution in [0, 0.1) is 0 Å². The van der Waals surface area contributed by atoms with Gasteiger partial charge in [-0.25, -0.2) is 4.98 Å². The third kappa shape index (κ3) is 5.11. The Kier molecular flexibility index (Phi) is 6.96. The number of rotatable bonds is 6. The molecule has 0 radical (unpaired) electrons. The molecule has 2 aromatic carbocycles. The fourth-order valence-corrected chi connectivity index (χ4v) is 4.00. The number of ether oxygens (including phenoxy) is 2. The van der Waals surface area contributed by atoms with Gasteiger partial charge in [0.1, 0.15) is 5.69 Å². The maximum Gasteiger partial charge on any atom is 0.272 e. The lowest BCUT2D eigenvalue weighted by molar-refractivity contribution is -0.114. The molecule has 1 N–H and O–H groups in total. The maximum absolute atomic E-state index is 13.2. The molecule has 8 heteroatoms. The Morgan fingerprint density at radius 2 is 1.59 bits per heavy atom. The summed E-state index contributed by atoms with van der Waals surface area (Å²) in [5.41, 5.74) is 3.80. The van der Waals surface area contributed by atoms with E-state index in [0.29, 0.717) is 36.0 Å². The molecule has 1 aliphatic heterocycles. The van der Waals surface area contributed by atoms with Crippen LogP contribution in [0.2, 0.25) is 0 Å². The van der Waals surface area contributed by atoms with Gasteiger partial charge in [0.05, 0.1) is 19.9 Å². The van der Waals surface area contributed by atoms with Gasteiger partial charge in [-0.05, 0) is 54.6 Å². The summed E-state index contributed by atoms with van der Waals surface area (Å²) in [6.07, 6.45) is 0. The minimum atomic E-state index is -0.0938. The van der Waals surface area contributed by atoms with Gasteiger partial charge in [0.25, 0.3) is 5.91 Å². The van der Waals surface area contributed by atoms with Gasteiger partial charge in [-0.1, -0.05) is 6.07 Å². The normalized spacial score (nSPS) is 13.4. The lowest BCUT2D eigenvalue weighted by Gasteiger charge is -2.36. The van der Waals surface area contributed by atoms with Crippen LogP contribution in [0.15, 0.2) is 60.7 Å². The SMILES string of the molecule is COc1ccc(-c2cccc(C(=O)N3CCN(c4ccc(NC(C)=O)cc4)CC3)n2)cc1OC. The molecule has 4 rings (SSSR count). The highest BCUT2D eigenvalue weighted by Gasteiger charge is 2.23. The number of nitrogens with one attached hydrogen (secondary N) is 1. The first kappa shape index (κ1) is 23.1. The van der Waals surface area contributed by atoms with E-state index in [2.05, 4.69) is 15.2 Å². The summed E-state index contributed by atoms with van der Waals surface area (Å²) in [7, 11) is 3.18. The molecule has 1 fully saturated rings. The first-order chi connectivity index (χ1) is 16.5. The van der Waals surface area contributed by atoms with E-state index in [0.717, 1.165) is 30.0 Å². The lowest BCUT2D eigenvalue weighted by atomic mass is 10.1. The molecule has 0 aliphatic carbocycles. The van der Waals surface area contributed by atoms with Crippen molar-refractivity contribution in [2.75, 3.05) is 50.6 Å². The van der Waals surface area contributed by atoms with Gasteiger partial charge in [0, 0.05) is 50.0 Å². The molecule has 1 aromatic heterocycles. The average molecular weight is 461 g/mol. The first-order valence-electron chi connectivity index (χ1n) is 11.1. The average Bonchev–Trinajstić information content (AvgIpc) is 2.88. The zero-order valence-corrected chi connectivity index (χ0v) is 19.6. The highest BCUT2D eigenvalue weighted by Crippen LogP contribution is 2.31. The van der Waals surface area contributed by atoms with Crippen LogP contribution < -0.4 is 19.7 Å². The minimum Gasteiger partial charge on any atom is -0.493 e. The standard InChI is InChI=1S/C26H28N4O4/c1-18(31)27-20-8-10-21(11-9-20)29-13-15-30(16-14-29)26(32)23-6-4-5-22(28-23)19-7-12-24(33-2)25(17-19)34-3/h4-12,17H,13-16H2,1-3H3,(H,27,31). The molecule has 0 saturated carbocycles. The fraction of sp³-hybridized carbons (Fsp3) is 0.269. The molecular weight excluding hydrogens is 432 g/mol. The predicted molar refractivity (Wildman–Crippen MR) is 132 cm³/mol. The molecule has 1 saturated heterocycles. The van der Waals surface area contributed by atoms with Gasteiger partial charge in [0.15, 0.2) is 11.5 Å². The van der Waals surface area contributed by atoms with Crippen LogP contribution >= 0.6 is 0 Å². The van der Waals surface area contributed by atoms with Gasteiger partial charge < -0.3 is 24.6 Å². The lowest BCUT2D eigenvalue weighted by Crippen LogP contribution is -2.49. The van der Waals surface area contributed by atoms with Gasteiger partial charge in [-0.2, -0.15) is 0 Å². The largest absolute Gasteiger partial charge is 0.493 e. The topological polar surface area (TPSA) is 84.0 Å². The Labute approximate surface area is 199 Å². The first-order valence-corrected chi connectivity index (χ1v) is 11.1. The van der Waals surface area contributed by atoms with E-state index in [4.69, 9.17) is 9.47 Å². The number of carbonyl (C=O) groups is 2. The quantitative estimate of drug-likeness (QED) is 0.604. The summed E-state index contributed by atoms with van der Waals surface area (Å²) in [6, 6.07) is 18.8. The number of pyridine rings is 1. The molecular formula is C26H28N4O4. The Balaban J connectivity index is 1.42. The Hall–Kier alpha value is -4.07. The van der Waals surface area contributed by atoms with E-state index in [-0.39, 0.29) is 11.8 Å². The molecule has 2 amide bonds. The second-order valence-corrected chi connectivity index (χ2v) is 7.99. The van der Waals surface area contributed by atoms with E-state index >= 15 is 0 Å². The summed E-state index contributed by atoms with van der Waals surface area (Å²) in [4.78, 5) is 33.0.